The number of alkyl halides is 3. The standard InChI is InChI=1S/C28H27F3N8O3/c1-13-22(14(2)39(36-13)12-28(3,4)41)15-5-6-21-32-10-20(38(21)11-15)26(40)34-19-7-16(9-33-23(19)24(30)31)25-35-27(42-37-25)17-8-18(17)29/h5-7,9-11,17-18,24,41H,8,12H2,1-4H3,(H,34,40)/t17-,18-/m0/s1. The lowest BCUT2D eigenvalue weighted by Crippen LogP contribution is -2.27. The summed E-state index contributed by atoms with van der Waals surface area (Å²) < 4.78 is 49.5. The molecule has 5 heterocycles. The molecule has 42 heavy (non-hydrogen) atoms. The molecule has 0 saturated heterocycles. The van der Waals surface area contributed by atoms with Crippen molar-refractivity contribution in [3.63, 3.8) is 0 Å². The van der Waals surface area contributed by atoms with Gasteiger partial charge in [0.2, 0.25) is 11.7 Å². The fourth-order valence-electron chi connectivity index (χ4n) is 4.91. The number of halogens is 3. The first-order valence-corrected chi connectivity index (χ1v) is 13.2. The number of hydrogen-bond donors (Lipinski definition) is 2. The second kappa shape index (κ2) is 10.0. The van der Waals surface area contributed by atoms with E-state index in [0.29, 0.717) is 12.2 Å². The van der Waals surface area contributed by atoms with Crippen LogP contribution in [0.1, 0.15) is 66.1 Å². The number of hydrogen-bond acceptors (Lipinski definition) is 8. The van der Waals surface area contributed by atoms with Gasteiger partial charge in [0.1, 0.15) is 23.2 Å². The zero-order valence-corrected chi connectivity index (χ0v) is 23.1. The third-order valence-electron chi connectivity index (χ3n) is 7.05. The number of anilines is 1. The lowest BCUT2D eigenvalue weighted by atomic mass is 10.1. The van der Waals surface area contributed by atoms with Gasteiger partial charge in [0.15, 0.2) is 0 Å². The number of aliphatic hydroxyl groups is 1. The highest BCUT2D eigenvalue weighted by Crippen LogP contribution is 2.43. The summed E-state index contributed by atoms with van der Waals surface area (Å²) in [7, 11) is 0. The Morgan fingerprint density at radius 2 is 1.98 bits per heavy atom. The number of amides is 1. The van der Waals surface area contributed by atoms with E-state index in [1.807, 2.05) is 19.9 Å². The summed E-state index contributed by atoms with van der Waals surface area (Å²) in [5.74, 6) is -0.997. The number of aryl methyl sites for hydroxylation is 1. The van der Waals surface area contributed by atoms with Crippen LogP contribution in [0.2, 0.25) is 0 Å². The molecule has 1 aliphatic carbocycles. The van der Waals surface area contributed by atoms with Gasteiger partial charge in [0, 0.05) is 34.8 Å². The monoisotopic (exact) mass is 580 g/mol. The number of aromatic nitrogens is 7. The molecule has 14 heteroatoms. The molecule has 2 N–H and O–H groups in total. The highest BCUT2D eigenvalue weighted by atomic mass is 19.3. The molecule has 1 amide bonds. The van der Waals surface area contributed by atoms with E-state index < -0.39 is 35.7 Å². The van der Waals surface area contributed by atoms with Crippen molar-refractivity contribution in [1.29, 1.82) is 0 Å². The Morgan fingerprint density at radius 3 is 2.67 bits per heavy atom. The molecule has 0 radical (unpaired) electrons. The number of carbonyl (C=O) groups is 1. The van der Waals surface area contributed by atoms with Crippen LogP contribution in [0.5, 0.6) is 0 Å². The molecule has 1 saturated carbocycles. The molecule has 0 aliphatic heterocycles. The molecule has 2 atom stereocenters. The predicted molar refractivity (Wildman–Crippen MR) is 145 cm³/mol. The van der Waals surface area contributed by atoms with E-state index in [4.69, 9.17) is 4.52 Å². The highest BCUT2D eigenvalue weighted by Gasteiger charge is 2.43. The van der Waals surface area contributed by atoms with E-state index in [-0.39, 0.29) is 35.1 Å². The minimum atomic E-state index is -2.98. The summed E-state index contributed by atoms with van der Waals surface area (Å²) in [5.41, 5.74) is 2.10. The predicted octanol–water partition coefficient (Wildman–Crippen LogP) is 5.05. The van der Waals surface area contributed by atoms with E-state index >= 15 is 0 Å². The number of nitrogens with one attached hydrogen (secondary N) is 1. The number of carbonyl (C=O) groups excluding carboxylic acids is 1. The Labute approximate surface area is 237 Å². The maximum atomic E-state index is 13.8. The van der Waals surface area contributed by atoms with Crippen molar-refractivity contribution in [1.82, 2.24) is 34.3 Å². The summed E-state index contributed by atoms with van der Waals surface area (Å²) in [6, 6.07) is 4.86. The number of rotatable bonds is 8. The maximum absolute atomic E-state index is 13.8. The third kappa shape index (κ3) is 5.13. The van der Waals surface area contributed by atoms with E-state index in [2.05, 4.69) is 30.5 Å². The highest BCUT2D eigenvalue weighted by molar-refractivity contribution is 6.04. The van der Waals surface area contributed by atoms with Gasteiger partial charge in [-0.2, -0.15) is 10.1 Å². The Bertz CT molecular complexity index is 1820. The third-order valence-corrected chi connectivity index (χ3v) is 7.05. The second-order valence-corrected chi connectivity index (χ2v) is 11.0. The first-order chi connectivity index (χ1) is 19.9. The van der Waals surface area contributed by atoms with Crippen LogP contribution in [0.3, 0.4) is 0 Å². The summed E-state index contributed by atoms with van der Waals surface area (Å²) in [4.78, 5) is 25.7. The van der Waals surface area contributed by atoms with Gasteiger partial charge in [0.05, 0.1) is 35.6 Å². The molecule has 218 valence electrons. The number of pyridine rings is 2. The van der Waals surface area contributed by atoms with Gasteiger partial charge in [-0.25, -0.2) is 18.2 Å². The Balaban J connectivity index is 1.32. The van der Waals surface area contributed by atoms with Crippen molar-refractivity contribution in [3.8, 4) is 22.5 Å². The molecule has 1 fully saturated rings. The molecule has 6 rings (SSSR count). The van der Waals surface area contributed by atoms with Crippen molar-refractivity contribution in [2.45, 2.75) is 64.8 Å². The van der Waals surface area contributed by atoms with E-state index in [1.54, 1.807) is 35.2 Å². The summed E-state index contributed by atoms with van der Waals surface area (Å²) in [5, 5.41) is 21.2. The van der Waals surface area contributed by atoms with Gasteiger partial charge in [-0.3, -0.25) is 18.9 Å². The zero-order chi connectivity index (χ0) is 29.9. The second-order valence-electron chi connectivity index (χ2n) is 11.0. The summed E-state index contributed by atoms with van der Waals surface area (Å²) in [6.07, 6.45) is 0.482. The average molecular weight is 581 g/mol. The minimum absolute atomic E-state index is 0.0447. The van der Waals surface area contributed by atoms with Crippen molar-refractivity contribution in [2.75, 3.05) is 5.32 Å². The molecule has 5 aromatic rings. The first kappa shape index (κ1) is 27.6. The van der Waals surface area contributed by atoms with Gasteiger partial charge in [-0.05, 0) is 52.3 Å². The van der Waals surface area contributed by atoms with Gasteiger partial charge < -0.3 is 14.9 Å². The number of fused-ring (bicyclic) bond motifs is 1. The summed E-state index contributed by atoms with van der Waals surface area (Å²) >= 11 is 0. The van der Waals surface area contributed by atoms with Crippen molar-refractivity contribution in [3.05, 3.63) is 65.5 Å². The van der Waals surface area contributed by atoms with Crippen molar-refractivity contribution >= 4 is 17.2 Å². The maximum Gasteiger partial charge on any atom is 0.282 e. The average Bonchev–Trinajstić information content (AvgIpc) is 3.24. The Kier molecular flexibility index (Phi) is 6.60. The van der Waals surface area contributed by atoms with Gasteiger partial charge in [-0.1, -0.05) is 5.16 Å². The Hall–Kier alpha value is -4.59. The van der Waals surface area contributed by atoms with Crippen LogP contribution in [0, 0.1) is 13.8 Å². The largest absolute Gasteiger partial charge is 0.389 e. The molecular formula is C28H27F3N8O3. The van der Waals surface area contributed by atoms with Crippen LogP contribution in [0.25, 0.3) is 28.2 Å². The smallest absolute Gasteiger partial charge is 0.282 e. The number of imidazole rings is 1. The molecule has 0 bridgehead atoms. The van der Waals surface area contributed by atoms with Crippen LogP contribution in [-0.2, 0) is 6.54 Å². The quantitative estimate of drug-likeness (QED) is 0.260. The molecular weight excluding hydrogens is 553 g/mol. The minimum Gasteiger partial charge on any atom is -0.389 e. The SMILES string of the molecule is Cc1nn(CC(C)(C)O)c(C)c1-c1ccc2ncc(C(=O)Nc3cc(-c4noc([C@H]5C[C@@H]5F)n4)cnc3C(F)F)n2c1. The van der Waals surface area contributed by atoms with Crippen LogP contribution in [0.4, 0.5) is 18.9 Å². The molecule has 0 spiro atoms. The normalized spacial score (nSPS) is 16.9. The summed E-state index contributed by atoms with van der Waals surface area (Å²) in [6.45, 7) is 7.44. The fourth-order valence-corrected chi connectivity index (χ4v) is 4.91. The number of nitrogens with zero attached hydrogens (tertiary/aromatic N) is 7. The van der Waals surface area contributed by atoms with Crippen LogP contribution >= 0.6 is 0 Å². The van der Waals surface area contributed by atoms with Crippen LogP contribution < -0.4 is 5.32 Å². The van der Waals surface area contributed by atoms with Gasteiger partial charge in [0.25, 0.3) is 12.3 Å². The fraction of sp³-hybridized carbons (Fsp3) is 0.357. The molecule has 1 aliphatic rings. The van der Waals surface area contributed by atoms with Gasteiger partial charge >= 0.3 is 0 Å². The van der Waals surface area contributed by atoms with E-state index in [0.717, 1.165) is 28.7 Å². The van der Waals surface area contributed by atoms with Crippen molar-refractivity contribution < 1.29 is 27.6 Å². The zero-order valence-electron chi connectivity index (χ0n) is 23.1. The molecule has 0 unspecified atom stereocenters. The van der Waals surface area contributed by atoms with Crippen LogP contribution in [-0.4, -0.2) is 57.1 Å². The van der Waals surface area contributed by atoms with E-state index in [1.165, 1.54) is 12.3 Å². The Morgan fingerprint density at radius 1 is 1.21 bits per heavy atom. The van der Waals surface area contributed by atoms with Crippen LogP contribution in [0.15, 0.2) is 41.3 Å². The van der Waals surface area contributed by atoms with E-state index in [9.17, 15) is 23.1 Å². The van der Waals surface area contributed by atoms with Crippen molar-refractivity contribution in [2.24, 2.45) is 0 Å². The van der Waals surface area contributed by atoms with Gasteiger partial charge in [-0.15, -0.1) is 0 Å². The lowest BCUT2D eigenvalue weighted by Gasteiger charge is -2.18. The molecule has 11 nitrogen and oxygen atoms in total. The lowest BCUT2D eigenvalue weighted by molar-refractivity contribution is 0.0570. The topological polar surface area (TPSA) is 136 Å². The molecule has 0 aromatic carbocycles. The molecule has 5 aromatic heterocycles. The first-order valence-electron chi connectivity index (χ1n) is 13.2.